The molecular formula is C67H101F9N6O4. The summed E-state index contributed by atoms with van der Waals surface area (Å²) >= 11 is 0. The molecule has 86 heavy (non-hydrogen) atoms. The first-order chi connectivity index (χ1) is 40.2. The molecule has 3 unspecified atom stereocenters. The minimum absolute atomic E-state index is 0.0202. The van der Waals surface area contributed by atoms with Gasteiger partial charge in [0.25, 0.3) is 17.8 Å². The van der Waals surface area contributed by atoms with Crippen LogP contribution in [0.2, 0.25) is 0 Å². The summed E-state index contributed by atoms with van der Waals surface area (Å²) in [6.07, 6.45) is 21.2. The fourth-order valence-corrected chi connectivity index (χ4v) is 17.3. The third-order valence-corrected chi connectivity index (χ3v) is 23.9. The lowest BCUT2D eigenvalue weighted by molar-refractivity contribution is -0.161. The SMILES string of the molecule is C=C(C1CC1(F)F)N1CCC2(CCC(C)CC2)C1.CC1CCC2(CC1)CCN(C(=O)CC#N)C2.CC1CCC2(CC1)CCN(C(=O)CC(F)(F)F)C2.C[C@@H]1CCC2(CCN(C(=O)C3CC3(F)F)CC2)C1.C[C@H]1CCC2(C1)CN(C(=O)C1CC1(F)F)C2. The first kappa shape index (κ1) is 66.7. The van der Waals surface area contributed by atoms with Crippen LogP contribution in [0.3, 0.4) is 0 Å². The Bertz CT molecular complexity index is 2460. The number of rotatable bonds is 6. The average Bonchev–Trinajstić information content (AvgIpc) is 1.61. The van der Waals surface area contributed by atoms with Crippen molar-refractivity contribution in [3.63, 3.8) is 0 Å². The molecule has 19 heteroatoms. The predicted octanol–water partition coefficient (Wildman–Crippen LogP) is 15.1. The lowest BCUT2D eigenvalue weighted by atomic mass is 9.70. The minimum atomic E-state index is -4.38. The number of amides is 4. The Labute approximate surface area is 506 Å². The van der Waals surface area contributed by atoms with E-state index in [1.807, 2.05) is 11.0 Å². The number of carbonyl (C=O) groups is 4. The Hall–Kier alpha value is -3.72. The van der Waals surface area contributed by atoms with Crippen molar-refractivity contribution in [2.24, 2.45) is 74.4 Å². The van der Waals surface area contributed by atoms with Gasteiger partial charge in [-0.25, -0.2) is 26.3 Å². The summed E-state index contributed by atoms with van der Waals surface area (Å²) < 4.78 is 114. The van der Waals surface area contributed by atoms with Gasteiger partial charge in [0, 0.05) is 95.8 Å². The first-order valence-electron chi connectivity index (χ1n) is 33.3. The number of hydrogen-bond acceptors (Lipinski definition) is 6. The molecule has 8 aliphatic carbocycles. The van der Waals surface area contributed by atoms with Crippen molar-refractivity contribution in [3.8, 4) is 6.07 Å². The molecule has 0 aromatic heterocycles. The number of carbonyl (C=O) groups excluding carboxylic acids is 4. The lowest BCUT2D eigenvalue weighted by Gasteiger charge is -2.48. The zero-order chi connectivity index (χ0) is 62.5. The van der Waals surface area contributed by atoms with E-state index in [1.165, 1.54) is 94.8 Å². The minimum Gasteiger partial charge on any atom is -0.374 e. The quantitative estimate of drug-likeness (QED) is 0.245. The van der Waals surface area contributed by atoms with E-state index in [0.29, 0.717) is 53.5 Å². The largest absolute Gasteiger partial charge is 0.397 e. The van der Waals surface area contributed by atoms with Gasteiger partial charge < -0.3 is 24.5 Å². The van der Waals surface area contributed by atoms with Crippen LogP contribution in [0.5, 0.6) is 0 Å². The van der Waals surface area contributed by atoms with E-state index >= 15 is 0 Å². The van der Waals surface area contributed by atoms with Gasteiger partial charge in [0.1, 0.15) is 24.7 Å². The lowest BCUT2D eigenvalue weighted by Crippen LogP contribution is -2.58. The summed E-state index contributed by atoms with van der Waals surface area (Å²) in [7, 11) is 0. The highest BCUT2D eigenvalue weighted by molar-refractivity contribution is 5.84. The van der Waals surface area contributed by atoms with Gasteiger partial charge in [-0.05, 0) is 148 Å². The van der Waals surface area contributed by atoms with E-state index in [0.717, 1.165) is 127 Å². The van der Waals surface area contributed by atoms with Crippen molar-refractivity contribution in [1.82, 2.24) is 24.5 Å². The fraction of sp³-hybridized carbons (Fsp3) is 0.896. The highest BCUT2D eigenvalue weighted by atomic mass is 19.4. The van der Waals surface area contributed by atoms with E-state index in [4.69, 9.17) is 5.26 Å². The van der Waals surface area contributed by atoms with Gasteiger partial charge in [0.05, 0.1) is 12.0 Å². The smallest absolute Gasteiger partial charge is 0.374 e. The van der Waals surface area contributed by atoms with Crippen molar-refractivity contribution in [2.45, 2.75) is 238 Å². The number of allylic oxidation sites excluding steroid dienone is 1. The van der Waals surface area contributed by atoms with Crippen molar-refractivity contribution in [1.29, 1.82) is 5.26 Å². The molecule has 5 spiro atoms. The number of hydrogen-bond donors (Lipinski definition) is 0. The zero-order valence-electron chi connectivity index (χ0n) is 52.4. The first-order valence-corrected chi connectivity index (χ1v) is 33.3. The van der Waals surface area contributed by atoms with Gasteiger partial charge >= 0.3 is 6.18 Å². The standard InChI is InChI=1S/C15H23F2N.C14H21F2NO.C13H20F3NO.C13H20N2O.C12H17F2NO/c1-11-3-5-14(6-4-11)7-8-18(10-14)12(2)13-9-15(13,16)17;1-10-2-3-13(8-10)4-6-17(7-5-13)12(18)11-9-14(11,15)16;1-10-2-4-12(5-3-10)6-7-17(9-12)11(18)8-13(14,15)16;1-11-2-5-13(6-3-11)7-9-15(10-13)12(16)4-8-14;1-8-2-3-11(4-8)6-15(7-11)10(16)9-5-12(9,13)14/h11,13H,2-10H2,1H3;10-11H,2-9H2,1H3;10H,2-9H2,1H3;11H,2-7,9-10H2,1H3;8-9H,2-7H2,1H3/t;10-,11?;;;8-,9?/m.1..0/s1. The molecule has 8 saturated carbocycles. The van der Waals surface area contributed by atoms with E-state index in [1.54, 1.807) is 9.80 Å². The molecule has 0 radical (unpaired) electrons. The highest BCUT2D eigenvalue weighted by Crippen LogP contribution is 2.57. The molecule has 5 atom stereocenters. The van der Waals surface area contributed by atoms with Crippen LogP contribution in [0.15, 0.2) is 12.3 Å². The Morgan fingerprint density at radius 2 is 0.721 bits per heavy atom. The number of nitrogens with zero attached hydrogens (tertiary/aromatic N) is 6. The van der Waals surface area contributed by atoms with Crippen molar-refractivity contribution in [2.75, 3.05) is 65.4 Å². The number of alkyl halides is 9. The molecule has 0 bridgehead atoms. The van der Waals surface area contributed by atoms with Crippen LogP contribution in [-0.2, 0) is 19.2 Å². The molecule has 5 saturated heterocycles. The maximum Gasteiger partial charge on any atom is 0.397 e. The second-order valence-electron chi connectivity index (χ2n) is 31.2. The zero-order valence-corrected chi connectivity index (χ0v) is 52.4. The molecule has 5 aliphatic heterocycles. The van der Waals surface area contributed by atoms with E-state index < -0.39 is 54.0 Å². The number of piperidine rings is 1. The summed E-state index contributed by atoms with van der Waals surface area (Å²) in [5, 5.41) is 8.54. The normalized spacial score (nSPS) is 37.0. The van der Waals surface area contributed by atoms with Gasteiger partial charge in [-0.1, -0.05) is 92.6 Å². The molecule has 0 aromatic rings. The third-order valence-electron chi connectivity index (χ3n) is 23.9. The van der Waals surface area contributed by atoms with Crippen molar-refractivity contribution >= 4 is 23.6 Å². The van der Waals surface area contributed by atoms with Gasteiger partial charge in [-0.15, -0.1) is 0 Å². The fourth-order valence-electron chi connectivity index (χ4n) is 17.3. The van der Waals surface area contributed by atoms with E-state index in [9.17, 15) is 58.7 Å². The van der Waals surface area contributed by atoms with E-state index in [-0.39, 0.29) is 48.8 Å². The summed E-state index contributed by atoms with van der Waals surface area (Å²) in [6.45, 7) is 22.9. The maximum atomic E-state index is 13.1. The number of nitriles is 1. The van der Waals surface area contributed by atoms with Gasteiger partial charge in [-0.2, -0.15) is 18.4 Å². The number of likely N-dealkylation sites (tertiary alicyclic amines) is 5. The summed E-state index contributed by atoms with van der Waals surface area (Å²) in [6, 6.07) is 1.95. The molecule has 13 aliphatic rings. The van der Waals surface area contributed by atoms with Crippen LogP contribution < -0.4 is 0 Å². The highest BCUT2D eigenvalue weighted by Gasteiger charge is 2.65. The average molecular weight is 1230 g/mol. The molecule has 4 amide bonds. The van der Waals surface area contributed by atoms with Crippen molar-refractivity contribution < 1.29 is 58.7 Å². The van der Waals surface area contributed by atoms with E-state index in [2.05, 4.69) is 46.1 Å². The molecule has 10 nitrogen and oxygen atoms in total. The second kappa shape index (κ2) is 25.5. The maximum absolute atomic E-state index is 13.1. The Balaban J connectivity index is 0.000000129. The van der Waals surface area contributed by atoms with Crippen LogP contribution in [0.25, 0.3) is 0 Å². The molecule has 486 valence electrons. The van der Waals surface area contributed by atoms with Gasteiger partial charge in [-0.3, -0.25) is 19.2 Å². The van der Waals surface area contributed by atoms with Gasteiger partial charge in [0.2, 0.25) is 23.6 Å². The summed E-state index contributed by atoms with van der Waals surface area (Å²) in [5.41, 5.74) is 2.35. The second-order valence-corrected chi connectivity index (χ2v) is 31.2. The molecule has 0 aromatic carbocycles. The topological polar surface area (TPSA) is 108 Å². The summed E-state index contributed by atoms with van der Waals surface area (Å²) in [4.78, 5) is 55.6. The van der Waals surface area contributed by atoms with Crippen LogP contribution >= 0.6 is 0 Å². The summed E-state index contributed by atoms with van der Waals surface area (Å²) in [5.74, 6) is -7.84. The van der Waals surface area contributed by atoms with Crippen LogP contribution in [0.1, 0.15) is 214 Å². The Morgan fingerprint density at radius 3 is 1.08 bits per heavy atom. The van der Waals surface area contributed by atoms with Crippen LogP contribution in [0, 0.1) is 85.7 Å². The molecule has 13 rings (SSSR count). The molecular weight excluding hydrogens is 1120 g/mol. The monoisotopic (exact) mass is 1220 g/mol. The molecule has 13 fully saturated rings. The Morgan fingerprint density at radius 1 is 0.419 bits per heavy atom. The number of halogens is 9. The Kier molecular flexibility index (Phi) is 19.8. The third kappa shape index (κ3) is 16.2. The van der Waals surface area contributed by atoms with Crippen LogP contribution in [-0.4, -0.2) is 138 Å². The predicted molar refractivity (Wildman–Crippen MR) is 311 cm³/mol. The molecule has 0 N–H and O–H groups in total. The van der Waals surface area contributed by atoms with Gasteiger partial charge in [0.15, 0.2) is 0 Å². The van der Waals surface area contributed by atoms with Crippen molar-refractivity contribution in [3.05, 3.63) is 12.3 Å². The van der Waals surface area contributed by atoms with Crippen LogP contribution in [0.4, 0.5) is 39.5 Å². The molecule has 5 heterocycles.